The van der Waals surface area contributed by atoms with Gasteiger partial charge >= 0.3 is 0 Å². The minimum absolute atomic E-state index is 0.120. The number of aliphatic hydroxyl groups excluding tert-OH is 1. The van der Waals surface area contributed by atoms with Gasteiger partial charge in [0.05, 0.1) is 17.2 Å². The maximum absolute atomic E-state index is 11.9. The number of H-pyrrole nitrogens is 1. The molecule has 1 aromatic rings. The van der Waals surface area contributed by atoms with Crippen LogP contribution in [0.25, 0.3) is 0 Å². The second-order valence-electron chi connectivity index (χ2n) is 4.71. The molecule has 2 N–H and O–H groups in total. The minimum atomic E-state index is -0.546. The lowest BCUT2D eigenvalue weighted by Gasteiger charge is -2.34. The highest BCUT2D eigenvalue weighted by Crippen LogP contribution is 2.28. The number of nitrogens with zero attached hydrogens (tertiary/aromatic N) is 2. The van der Waals surface area contributed by atoms with Crippen LogP contribution in [0.4, 0.5) is 5.69 Å². The van der Waals surface area contributed by atoms with Gasteiger partial charge in [0.25, 0.3) is 11.6 Å². The van der Waals surface area contributed by atoms with E-state index in [-0.39, 0.29) is 23.4 Å². The van der Waals surface area contributed by atoms with E-state index in [4.69, 9.17) is 5.11 Å². The number of carbonyl (C=O) groups excluding carboxylic acids is 1. The maximum atomic E-state index is 11.9. The molecule has 1 heterocycles. The molecule has 1 fully saturated rings. The largest absolute Gasteiger partial charge is 0.393 e. The Morgan fingerprint density at radius 1 is 1.67 bits per heavy atom. The third-order valence-electron chi connectivity index (χ3n) is 3.20. The molecule has 0 radical (unpaired) electrons. The number of carbonyl (C=O) groups is 1. The lowest BCUT2D eigenvalue weighted by Crippen LogP contribution is -2.39. The van der Waals surface area contributed by atoms with Crippen LogP contribution in [0.1, 0.15) is 23.3 Å². The molecule has 18 heavy (non-hydrogen) atoms. The number of aromatic amines is 1. The van der Waals surface area contributed by atoms with Crippen LogP contribution in [0.2, 0.25) is 0 Å². The molecule has 7 heteroatoms. The third-order valence-corrected chi connectivity index (χ3v) is 3.20. The zero-order valence-electron chi connectivity index (χ0n) is 10.00. The van der Waals surface area contributed by atoms with E-state index in [9.17, 15) is 14.9 Å². The Balaban J connectivity index is 1.94. The molecular formula is C11H15N3O4. The van der Waals surface area contributed by atoms with Gasteiger partial charge in [0.15, 0.2) is 0 Å². The molecule has 1 amide bonds. The van der Waals surface area contributed by atoms with Gasteiger partial charge in [-0.05, 0) is 18.8 Å². The summed E-state index contributed by atoms with van der Waals surface area (Å²) in [6, 6.07) is 1.23. The molecule has 7 nitrogen and oxygen atoms in total. The quantitative estimate of drug-likeness (QED) is 0.611. The van der Waals surface area contributed by atoms with Crippen LogP contribution in [-0.2, 0) is 0 Å². The lowest BCUT2D eigenvalue weighted by atomic mass is 9.82. The third kappa shape index (κ3) is 2.51. The van der Waals surface area contributed by atoms with E-state index in [0.29, 0.717) is 25.3 Å². The van der Waals surface area contributed by atoms with Crippen LogP contribution in [0.3, 0.4) is 0 Å². The monoisotopic (exact) mass is 253 g/mol. The van der Waals surface area contributed by atoms with Crippen molar-refractivity contribution >= 4 is 11.6 Å². The Morgan fingerprint density at radius 3 is 2.83 bits per heavy atom. The summed E-state index contributed by atoms with van der Waals surface area (Å²) in [4.78, 5) is 26.0. The average molecular weight is 253 g/mol. The van der Waals surface area contributed by atoms with Gasteiger partial charge in [0.2, 0.25) is 0 Å². The first kappa shape index (κ1) is 12.6. The van der Waals surface area contributed by atoms with Crippen LogP contribution < -0.4 is 0 Å². The Labute approximate surface area is 104 Å². The maximum Gasteiger partial charge on any atom is 0.287 e. The molecule has 0 saturated heterocycles. The van der Waals surface area contributed by atoms with Crippen LogP contribution in [0, 0.1) is 16.0 Å². The average Bonchev–Trinajstić information content (AvgIpc) is 2.75. The number of aromatic nitrogens is 1. The SMILES string of the molecule is CN(CC1CC(O)C1)C(=O)c1cc([N+](=O)[O-])c[nH]1. The second kappa shape index (κ2) is 4.77. The van der Waals surface area contributed by atoms with Gasteiger partial charge in [-0.3, -0.25) is 14.9 Å². The number of nitrogens with one attached hydrogen (secondary N) is 1. The van der Waals surface area contributed by atoms with Crippen molar-refractivity contribution < 1.29 is 14.8 Å². The van der Waals surface area contributed by atoms with E-state index in [0.717, 1.165) is 0 Å². The van der Waals surface area contributed by atoms with Gasteiger partial charge < -0.3 is 15.0 Å². The van der Waals surface area contributed by atoms with E-state index in [1.54, 1.807) is 7.05 Å². The molecule has 0 aromatic carbocycles. The molecule has 0 atom stereocenters. The molecule has 1 aliphatic carbocycles. The second-order valence-corrected chi connectivity index (χ2v) is 4.71. The molecule has 2 rings (SSSR count). The highest BCUT2D eigenvalue weighted by Gasteiger charge is 2.29. The zero-order chi connectivity index (χ0) is 13.3. The Morgan fingerprint density at radius 2 is 2.33 bits per heavy atom. The summed E-state index contributed by atoms with van der Waals surface area (Å²) in [5, 5.41) is 19.7. The number of hydrogen-bond donors (Lipinski definition) is 2. The van der Waals surface area contributed by atoms with Crippen molar-refractivity contribution in [1.29, 1.82) is 0 Å². The summed E-state index contributed by atoms with van der Waals surface area (Å²) in [7, 11) is 1.65. The molecule has 1 saturated carbocycles. The van der Waals surface area contributed by atoms with Gasteiger partial charge in [0, 0.05) is 19.7 Å². The van der Waals surface area contributed by atoms with Crippen molar-refractivity contribution in [3.05, 3.63) is 28.1 Å². The van der Waals surface area contributed by atoms with E-state index < -0.39 is 4.92 Å². The lowest BCUT2D eigenvalue weighted by molar-refractivity contribution is -0.384. The number of rotatable bonds is 4. The van der Waals surface area contributed by atoms with E-state index in [1.807, 2.05) is 0 Å². The molecule has 1 aliphatic rings. The summed E-state index contributed by atoms with van der Waals surface area (Å²) in [6.45, 7) is 0.558. The van der Waals surface area contributed by atoms with Crippen LogP contribution >= 0.6 is 0 Å². The molecule has 0 aliphatic heterocycles. The molecule has 0 bridgehead atoms. The van der Waals surface area contributed by atoms with Crippen molar-refractivity contribution in [1.82, 2.24) is 9.88 Å². The molecule has 0 spiro atoms. The Kier molecular flexibility index (Phi) is 3.33. The normalized spacial score (nSPS) is 22.3. The molecule has 0 unspecified atom stereocenters. The number of aliphatic hydroxyl groups is 1. The highest BCUT2D eigenvalue weighted by atomic mass is 16.6. The summed E-state index contributed by atoms with van der Waals surface area (Å²) in [6.07, 6.45) is 2.38. The fourth-order valence-corrected chi connectivity index (χ4v) is 2.14. The fourth-order valence-electron chi connectivity index (χ4n) is 2.14. The number of hydrogen-bond acceptors (Lipinski definition) is 4. The van der Waals surface area contributed by atoms with Crippen molar-refractivity contribution in [3.8, 4) is 0 Å². The van der Waals surface area contributed by atoms with Gasteiger partial charge in [-0.25, -0.2) is 0 Å². The Bertz CT molecular complexity index is 465. The van der Waals surface area contributed by atoms with Gasteiger partial charge in [0.1, 0.15) is 5.69 Å². The molecule has 98 valence electrons. The summed E-state index contributed by atoms with van der Waals surface area (Å²) < 4.78 is 0. The van der Waals surface area contributed by atoms with Crippen molar-refractivity contribution in [2.45, 2.75) is 18.9 Å². The predicted octanol–water partition coefficient (Wildman–Crippen LogP) is 0.766. The first-order valence-corrected chi connectivity index (χ1v) is 5.73. The van der Waals surface area contributed by atoms with E-state index in [2.05, 4.69) is 4.98 Å². The van der Waals surface area contributed by atoms with Gasteiger partial charge in [-0.15, -0.1) is 0 Å². The molecular weight excluding hydrogens is 238 g/mol. The van der Waals surface area contributed by atoms with E-state index >= 15 is 0 Å². The topological polar surface area (TPSA) is 99.5 Å². The smallest absolute Gasteiger partial charge is 0.287 e. The zero-order valence-corrected chi connectivity index (χ0v) is 10.00. The van der Waals surface area contributed by atoms with Crippen molar-refractivity contribution in [2.24, 2.45) is 5.92 Å². The summed E-state index contributed by atoms with van der Waals surface area (Å²) in [5.74, 6) is 0.0448. The van der Waals surface area contributed by atoms with Crippen LogP contribution in [0.5, 0.6) is 0 Å². The predicted molar refractivity (Wildman–Crippen MR) is 63.1 cm³/mol. The van der Waals surface area contributed by atoms with Crippen molar-refractivity contribution in [3.63, 3.8) is 0 Å². The minimum Gasteiger partial charge on any atom is -0.393 e. The van der Waals surface area contributed by atoms with Gasteiger partial charge in [-0.2, -0.15) is 0 Å². The van der Waals surface area contributed by atoms with E-state index in [1.165, 1.54) is 17.2 Å². The van der Waals surface area contributed by atoms with Crippen LogP contribution in [0.15, 0.2) is 12.3 Å². The van der Waals surface area contributed by atoms with Crippen molar-refractivity contribution in [2.75, 3.05) is 13.6 Å². The highest BCUT2D eigenvalue weighted by molar-refractivity contribution is 5.93. The standard InChI is InChI=1S/C11H15N3O4/c1-13(6-7-2-9(15)3-7)11(16)10-4-8(5-12-10)14(17)18/h4-5,7,9,12,15H,2-3,6H2,1H3. The first-order valence-electron chi connectivity index (χ1n) is 5.73. The fraction of sp³-hybridized carbons (Fsp3) is 0.545. The van der Waals surface area contributed by atoms with Gasteiger partial charge in [-0.1, -0.05) is 0 Å². The molecule has 1 aromatic heterocycles. The Hall–Kier alpha value is -1.89. The number of nitro groups is 1. The number of amides is 1. The summed E-state index contributed by atoms with van der Waals surface area (Å²) >= 11 is 0. The van der Waals surface area contributed by atoms with Crippen LogP contribution in [-0.4, -0.2) is 45.5 Å². The summed E-state index contributed by atoms with van der Waals surface area (Å²) in [5.41, 5.74) is 0.0925. The first-order chi connectivity index (χ1) is 8.47.